The third-order valence-corrected chi connectivity index (χ3v) is 3.82. The van der Waals surface area contributed by atoms with Gasteiger partial charge in [0.1, 0.15) is 0 Å². The second kappa shape index (κ2) is 4.11. The van der Waals surface area contributed by atoms with E-state index in [1.165, 1.54) is 32.1 Å². The second-order valence-corrected chi connectivity index (χ2v) is 5.61. The van der Waals surface area contributed by atoms with Crippen LogP contribution in [0.25, 0.3) is 0 Å². The highest BCUT2D eigenvalue weighted by atomic mass is 16.5. The van der Waals surface area contributed by atoms with Crippen molar-refractivity contribution in [2.45, 2.75) is 58.3 Å². The van der Waals surface area contributed by atoms with Crippen LogP contribution in [-0.4, -0.2) is 5.16 Å². The number of anilines is 1. The van der Waals surface area contributed by atoms with Crippen LogP contribution in [-0.2, 0) is 5.41 Å². The van der Waals surface area contributed by atoms with Crippen molar-refractivity contribution in [3.63, 3.8) is 0 Å². The summed E-state index contributed by atoms with van der Waals surface area (Å²) in [5.41, 5.74) is 8.18. The molecule has 0 spiro atoms. The van der Waals surface area contributed by atoms with Crippen molar-refractivity contribution >= 4 is 5.88 Å². The van der Waals surface area contributed by atoms with Crippen molar-refractivity contribution in [2.75, 3.05) is 5.73 Å². The highest BCUT2D eigenvalue weighted by Gasteiger charge is 2.40. The number of nitrogens with two attached hydrogens (primary N) is 1. The molecule has 1 aromatic heterocycles. The Kier molecular flexibility index (Phi) is 2.96. The maximum Gasteiger partial charge on any atom is 0.225 e. The normalized spacial score (nSPS) is 19.5. The maximum atomic E-state index is 5.77. The van der Waals surface area contributed by atoms with E-state index in [1.54, 1.807) is 0 Å². The molecule has 0 saturated heterocycles. The zero-order valence-corrected chi connectivity index (χ0v) is 10.5. The topological polar surface area (TPSA) is 52.0 Å². The molecule has 3 heteroatoms. The van der Waals surface area contributed by atoms with Crippen LogP contribution in [0.4, 0.5) is 5.88 Å². The van der Waals surface area contributed by atoms with Gasteiger partial charge in [-0.25, -0.2) is 0 Å². The van der Waals surface area contributed by atoms with Gasteiger partial charge < -0.3 is 10.3 Å². The average molecular weight is 222 g/mol. The van der Waals surface area contributed by atoms with Crippen LogP contribution in [0.1, 0.15) is 57.2 Å². The summed E-state index contributed by atoms with van der Waals surface area (Å²) in [6.07, 6.45) is 6.27. The van der Waals surface area contributed by atoms with Crippen LogP contribution in [0.5, 0.6) is 0 Å². The van der Waals surface area contributed by atoms with Gasteiger partial charge in [0.2, 0.25) is 5.88 Å². The molecule has 0 bridgehead atoms. The quantitative estimate of drug-likeness (QED) is 0.852. The summed E-state index contributed by atoms with van der Waals surface area (Å²) in [5.74, 6) is 1.18. The van der Waals surface area contributed by atoms with Crippen molar-refractivity contribution in [1.29, 1.82) is 0 Å². The molecule has 1 fully saturated rings. The first kappa shape index (κ1) is 11.5. The molecule has 1 aromatic rings. The van der Waals surface area contributed by atoms with Crippen molar-refractivity contribution in [1.82, 2.24) is 5.16 Å². The predicted octanol–water partition coefficient (Wildman–Crippen LogP) is 3.42. The predicted molar refractivity (Wildman–Crippen MR) is 65.3 cm³/mol. The lowest BCUT2D eigenvalue weighted by Crippen LogP contribution is -2.25. The average Bonchev–Trinajstić information content (AvgIpc) is 2.76. The number of aromatic nitrogens is 1. The van der Waals surface area contributed by atoms with Crippen LogP contribution in [0.15, 0.2) is 4.52 Å². The van der Waals surface area contributed by atoms with E-state index in [4.69, 9.17) is 10.3 Å². The van der Waals surface area contributed by atoms with Crippen LogP contribution >= 0.6 is 0 Å². The lowest BCUT2D eigenvalue weighted by Gasteiger charge is -2.29. The third kappa shape index (κ3) is 1.83. The minimum absolute atomic E-state index is 0.235. The van der Waals surface area contributed by atoms with Crippen LogP contribution in [0, 0.1) is 12.8 Å². The van der Waals surface area contributed by atoms with Crippen molar-refractivity contribution < 1.29 is 4.52 Å². The van der Waals surface area contributed by atoms with Crippen molar-refractivity contribution in [2.24, 2.45) is 5.92 Å². The van der Waals surface area contributed by atoms with E-state index in [1.807, 2.05) is 6.92 Å². The minimum atomic E-state index is 0.235. The summed E-state index contributed by atoms with van der Waals surface area (Å²) >= 11 is 0. The number of hydrogen-bond donors (Lipinski definition) is 1. The summed E-state index contributed by atoms with van der Waals surface area (Å²) in [7, 11) is 0. The highest BCUT2D eigenvalue weighted by molar-refractivity contribution is 5.41. The van der Waals surface area contributed by atoms with E-state index < -0.39 is 0 Å². The van der Waals surface area contributed by atoms with Gasteiger partial charge in [0.15, 0.2) is 0 Å². The zero-order chi connectivity index (χ0) is 11.8. The Hall–Kier alpha value is -0.990. The Bertz CT molecular complexity index is 362. The Labute approximate surface area is 97.4 Å². The van der Waals surface area contributed by atoms with E-state index in [-0.39, 0.29) is 5.41 Å². The third-order valence-electron chi connectivity index (χ3n) is 3.82. The molecule has 2 rings (SSSR count). The lowest BCUT2D eigenvalue weighted by atomic mass is 9.75. The van der Waals surface area contributed by atoms with E-state index in [9.17, 15) is 0 Å². The van der Waals surface area contributed by atoms with Gasteiger partial charge >= 0.3 is 0 Å². The Morgan fingerprint density at radius 1 is 1.38 bits per heavy atom. The van der Waals surface area contributed by atoms with Gasteiger partial charge in [-0.05, 0) is 32.1 Å². The molecule has 16 heavy (non-hydrogen) atoms. The first-order valence-electron chi connectivity index (χ1n) is 6.27. The number of nitrogens with zero attached hydrogens (tertiary/aromatic N) is 1. The second-order valence-electron chi connectivity index (χ2n) is 5.61. The van der Waals surface area contributed by atoms with Crippen molar-refractivity contribution in [3.8, 4) is 0 Å². The van der Waals surface area contributed by atoms with Gasteiger partial charge in [0.05, 0.1) is 5.69 Å². The fraction of sp³-hybridized carbons (Fsp3) is 0.769. The SMILES string of the molecule is Cc1c(C2(CC(C)C)CCCC2)noc1N. The number of nitrogen functional groups attached to an aromatic ring is 1. The standard InChI is InChI=1S/C13H22N2O/c1-9(2)8-13(6-4-5-7-13)11-10(3)12(14)16-15-11/h9H,4-8,14H2,1-3H3. The fourth-order valence-corrected chi connectivity index (χ4v) is 3.21. The molecular weight excluding hydrogens is 200 g/mol. The van der Waals surface area contributed by atoms with Crippen LogP contribution in [0.3, 0.4) is 0 Å². The molecule has 1 aliphatic rings. The van der Waals surface area contributed by atoms with E-state index in [0.29, 0.717) is 11.8 Å². The molecule has 2 N–H and O–H groups in total. The molecule has 90 valence electrons. The van der Waals surface area contributed by atoms with Crippen LogP contribution < -0.4 is 5.73 Å². The molecule has 0 aliphatic heterocycles. The first-order chi connectivity index (χ1) is 7.55. The van der Waals surface area contributed by atoms with Gasteiger partial charge in [-0.2, -0.15) is 0 Å². The smallest absolute Gasteiger partial charge is 0.225 e. The van der Waals surface area contributed by atoms with E-state index >= 15 is 0 Å². The lowest BCUT2D eigenvalue weighted by molar-refractivity contribution is 0.314. The summed E-state index contributed by atoms with van der Waals surface area (Å²) in [6.45, 7) is 6.58. The molecule has 1 heterocycles. The number of hydrogen-bond acceptors (Lipinski definition) is 3. The molecule has 3 nitrogen and oxygen atoms in total. The molecule has 0 aromatic carbocycles. The van der Waals surface area contributed by atoms with Gasteiger partial charge in [-0.3, -0.25) is 0 Å². The van der Waals surface area contributed by atoms with Crippen LogP contribution in [0.2, 0.25) is 0 Å². The highest BCUT2D eigenvalue weighted by Crippen LogP contribution is 2.46. The Morgan fingerprint density at radius 2 is 2.00 bits per heavy atom. The van der Waals surface area contributed by atoms with Gasteiger partial charge in [0, 0.05) is 11.0 Å². The number of rotatable bonds is 3. The molecule has 0 radical (unpaired) electrons. The summed E-state index contributed by atoms with van der Waals surface area (Å²) in [5, 5.41) is 4.22. The molecule has 0 unspecified atom stereocenters. The van der Waals surface area contributed by atoms with Crippen molar-refractivity contribution in [3.05, 3.63) is 11.3 Å². The van der Waals surface area contributed by atoms with Gasteiger partial charge in [0.25, 0.3) is 0 Å². The van der Waals surface area contributed by atoms with Gasteiger partial charge in [-0.1, -0.05) is 31.8 Å². The Morgan fingerprint density at radius 3 is 2.44 bits per heavy atom. The van der Waals surface area contributed by atoms with Gasteiger partial charge in [-0.15, -0.1) is 0 Å². The monoisotopic (exact) mass is 222 g/mol. The molecule has 0 amide bonds. The van der Waals surface area contributed by atoms with E-state index in [0.717, 1.165) is 11.3 Å². The zero-order valence-electron chi connectivity index (χ0n) is 10.5. The summed E-state index contributed by atoms with van der Waals surface area (Å²) in [4.78, 5) is 0. The first-order valence-corrected chi connectivity index (χ1v) is 6.27. The largest absolute Gasteiger partial charge is 0.367 e. The molecule has 1 aliphatic carbocycles. The Balaban J connectivity index is 2.35. The van der Waals surface area contributed by atoms with E-state index in [2.05, 4.69) is 19.0 Å². The fourth-order valence-electron chi connectivity index (χ4n) is 3.21. The summed E-state index contributed by atoms with van der Waals surface area (Å²) < 4.78 is 5.14. The molecular formula is C13H22N2O. The minimum Gasteiger partial charge on any atom is -0.367 e. The molecule has 0 atom stereocenters. The molecule has 1 saturated carbocycles. The summed E-state index contributed by atoms with van der Waals surface area (Å²) in [6, 6.07) is 0. The maximum absolute atomic E-state index is 5.77.